The summed E-state index contributed by atoms with van der Waals surface area (Å²) in [5, 5.41) is 12.1. The summed E-state index contributed by atoms with van der Waals surface area (Å²) in [6, 6.07) is 1.54. The lowest BCUT2D eigenvalue weighted by Crippen LogP contribution is -2.47. The highest BCUT2D eigenvalue weighted by Crippen LogP contribution is 2.33. The number of aromatic nitrogens is 1. The molecular weight excluding hydrogens is 268 g/mol. The van der Waals surface area contributed by atoms with Crippen LogP contribution in [0, 0.1) is 0 Å². The molecule has 1 fully saturated rings. The SMILES string of the molecule is O=C(O)CC1(NC(=O)c2cnccc2Cl)CCCC1. The second-order valence-electron chi connectivity index (χ2n) is 4.87. The van der Waals surface area contributed by atoms with E-state index in [1.165, 1.54) is 18.5 Å². The van der Waals surface area contributed by atoms with Crippen LogP contribution < -0.4 is 5.32 Å². The van der Waals surface area contributed by atoms with Crippen LogP contribution >= 0.6 is 11.6 Å². The van der Waals surface area contributed by atoms with E-state index in [0.29, 0.717) is 17.9 Å². The minimum absolute atomic E-state index is 0.0589. The lowest BCUT2D eigenvalue weighted by atomic mass is 9.93. The van der Waals surface area contributed by atoms with Gasteiger partial charge in [-0.25, -0.2) is 0 Å². The first-order chi connectivity index (χ1) is 9.02. The number of carboxylic acid groups (broad SMARTS) is 1. The second-order valence-corrected chi connectivity index (χ2v) is 5.27. The summed E-state index contributed by atoms with van der Waals surface area (Å²) in [5.74, 6) is -1.26. The van der Waals surface area contributed by atoms with Gasteiger partial charge in [-0.1, -0.05) is 24.4 Å². The van der Waals surface area contributed by atoms with Gasteiger partial charge in [-0.05, 0) is 18.9 Å². The zero-order chi connectivity index (χ0) is 13.9. The van der Waals surface area contributed by atoms with Gasteiger partial charge in [-0.2, -0.15) is 0 Å². The maximum absolute atomic E-state index is 12.2. The molecule has 0 bridgehead atoms. The highest BCUT2D eigenvalue weighted by molar-refractivity contribution is 6.33. The first kappa shape index (κ1) is 13.8. The van der Waals surface area contributed by atoms with Gasteiger partial charge in [-0.15, -0.1) is 0 Å². The Labute approximate surface area is 116 Å². The summed E-state index contributed by atoms with van der Waals surface area (Å²) < 4.78 is 0. The highest BCUT2D eigenvalue weighted by Gasteiger charge is 2.37. The Morgan fingerprint density at radius 3 is 2.68 bits per heavy atom. The lowest BCUT2D eigenvalue weighted by Gasteiger charge is -2.28. The Morgan fingerprint density at radius 2 is 2.11 bits per heavy atom. The van der Waals surface area contributed by atoms with Crippen molar-refractivity contribution >= 4 is 23.5 Å². The van der Waals surface area contributed by atoms with Crippen LogP contribution in [-0.2, 0) is 4.79 Å². The maximum atomic E-state index is 12.2. The minimum atomic E-state index is -0.903. The quantitative estimate of drug-likeness (QED) is 0.888. The Balaban J connectivity index is 2.16. The Morgan fingerprint density at radius 1 is 1.42 bits per heavy atom. The van der Waals surface area contributed by atoms with Gasteiger partial charge >= 0.3 is 5.97 Å². The molecule has 1 amide bonds. The van der Waals surface area contributed by atoms with Crippen molar-refractivity contribution in [3.63, 3.8) is 0 Å². The van der Waals surface area contributed by atoms with Crippen molar-refractivity contribution in [3.8, 4) is 0 Å². The molecule has 0 unspecified atom stereocenters. The molecule has 0 aromatic carbocycles. The molecule has 1 aliphatic rings. The number of aliphatic carboxylic acids is 1. The van der Waals surface area contributed by atoms with E-state index in [0.717, 1.165) is 12.8 Å². The average molecular weight is 283 g/mol. The molecule has 0 radical (unpaired) electrons. The Bertz CT molecular complexity index is 498. The first-order valence-electron chi connectivity index (χ1n) is 6.16. The maximum Gasteiger partial charge on any atom is 0.305 e. The third-order valence-corrected chi connectivity index (χ3v) is 3.77. The van der Waals surface area contributed by atoms with Crippen LogP contribution in [0.1, 0.15) is 42.5 Å². The van der Waals surface area contributed by atoms with Gasteiger partial charge in [-0.3, -0.25) is 14.6 Å². The molecule has 1 aromatic rings. The molecule has 19 heavy (non-hydrogen) atoms. The van der Waals surface area contributed by atoms with Crippen molar-refractivity contribution in [3.05, 3.63) is 29.0 Å². The van der Waals surface area contributed by atoms with Crippen molar-refractivity contribution in [1.29, 1.82) is 0 Å². The van der Waals surface area contributed by atoms with Crippen LogP contribution in [0.25, 0.3) is 0 Å². The number of hydrogen-bond acceptors (Lipinski definition) is 3. The van der Waals surface area contributed by atoms with Crippen LogP contribution in [0.15, 0.2) is 18.5 Å². The number of pyridine rings is 1. The fraction of sp³-hybridized carbons (Fsp3) is 0.462. The van der Waals surface area contributed by atoms with Gasteiger partial charge < -0.3 is 10.4 Å². The van der Waals surface area contributed by atoms with Gasteiger partial charge in [0.2, 0.25) is 0 Å². The Kier molecular flexibility index (Phi) is 4.04. The van der Waals surface area contributed by atoms with E-state index in [-0.39, 0.29) is 17.9 Å². The fourth-order valence-corrected chi connectivity index (χ4v) is 2.73. The molecule has 2 N–H and O–H groups in total. The lowest BCUT2D eigenvalue weighted by molar-refractivity contribution is -0.138. The highest BCUT2D eigenvalue weighted by atomic mass is 35.5. The predicted octanol–water partition coefficient (Wildman–Crippen LogP) is 2.25. The van der Waals surface area contributed by atoms with E-state index in [1.54, 1.807) is 0 Å². The van der Waals surface area contributed by atoms with Crippen LogP contribution in [0.4, 0.5) is 0 Å². The summed E-state index contributed by atoms with van der Waals surface area (Å²) in [6.07, 6.45) is 6.05. The molecule has 0 saturated heterocycles. The zero-order valence-corrected chi connectivity index (χ0v) is 11.1. The molecule has 1 saturated carbocycles. The van der Waals surface area contributed by atoms with E-state index < -0.39 is 11.5 Å². The van der Waals surface area contributed by atoms with E-state index in [9.17, 15) is 9.59 Å². The largest absolute Gasteiger partial charge is 0.481 e. The number of hydrogen-bond donors (Lipinski definition) is 2. The van der Waals surface area contributed by atoms with Crippen molar-refractivity contribution < 1.29 is 14.7 Å². The standard InChI is InChI=1S/C13H15ClN2O3/c14-10-3-6-15-8-9(10)12(19)16-13(7-11(17)18)4-1-2-5-13/h3,6,8H,1-2,4-5,7H2,(H,16,19)(H,17,18). The number of nitrogens with zero attached hydrogens (tertiary/aromatic N) is 1. The second kappa shape index (κ2) is 5.57. The van der Waals surface area contributed by atoms with Gasteiger partial charge in [0.05, 0.1) is 22.5 Å². The van der Waals surface area contributed by atoms with E-state index >= 15 is 0 Å². The number of carbonyl (C=O) groups is 2. The van der Waals surface area contributed by atoms with Gasteiger partial charge in [0.25, 0.3) is 5.91 Å². The monoisotopic (exact) mass is 282 g/mol. The average Bonchev–Trinajstić information content (AvgIpc) is 2.76. The minimum Gasteiger partial charge on any atom is -0.481 e. The zero-order valence-electron chi connectivity index (χ0n) is 10.4. The summed E-state index contributed by atoms with van der Waals surface area (Å²) in [7, 11) is 0. The number of rotatable bonds is 4. The van der Waals surface area contributed by atoms with E-state index in [1.807, 2.05) is 0 Å². The summed E-state index contributed by atoms with van der Waals surface area (Å²) in [5.41, 5.74) is -0.372. The van der Waals surface area contributed by atoms with E-state index in [2.05, 4.69) is 10.3 Å². The van der Waals surface area contributed by atoms with Crippen molar-refractivity contribution in [2.75, 3.05) is 0 Å². The molecular formula is C13H15ClN2O3. The van der Waals surface area contributed by atoms with Gasteiger partial charge in [0.15, 0.2) is 0 Å². The number of carbonyl (C=O) groups excluding carboxylic acids is 1. The molecule has 102 valence electrons. The molecule has 1 heterocycles. The number of carboxylic acids is 1. The molecule has 0 spiro atoms. The van der Waals surface area contributed by atoms with Crippen LogP contribution in [-0.4, -0.2) is 27.5 Å². The molecule has 1 aliphatic carbocycles. The Hall–Kier alpha value is -1.62. The van der Waals surface area contributed by atoms with Crippen molar-refractivity contribution in [2.24, 2.45) is 0 Å². The predicted molar refractivity (Wildman–Crippen MR) is 70.2 cm³/mol. The molecule has 0 aliphatic heterocycles. The van der Waals surface area contributed by atoms with Crippen LogP contribution in [0.5, 0.6) is 0 Å². The molecule has 1 aromatic heterocycles. The number of amides is 1. The summed E-state index contributed by atoms with van der Waals surface area (Å²) in [4.78, 5) is 27.0. The third-order valence-electron chi connectivity index (χ3n) is 3.44. The topological polar surface area (TPSA) is 79.3 Å². The summed E-state index contributed by atoms with van der Waals surface area (Å²) >= 11 is 5.94. The molecule has 6 heteroatoms. The normalized spacial score (nSPS) is 17.1. The van der Waals surface area contributed by atoms with Gasteiger partial charge in [0, 0.05) is 12.4 Å². The number of halogens is 1. The summed E-state index contributed by atoms with van der Waals surface area (Å²) in [6.45, 7) is 0. The molecule has 5 nitrogen and oxygen atoms in total. The molecule has 2 rings (SSSR count). The fourth-order valence-electron chi connectivity index (χ4n) is 2.54. The van der Waals surface area contributed by atoms with Gasteiger partial charge in [0.1, 0.15) is 0 Å². The third kappa shape index (κ3) is 3.23. The smallest absolute Gasteiger partial charge is 0.305 e. The van der Waals surface area contributed by atoms with Crippen LogP contribution in [0.3, 0.4) is 0 Å². The number of nitrogens with one attached hydrogen (secondary N) is 1. The van der Waals surface area contributed by atoms with Crippen molar-refractivity contribution in [1.82, 2.24) is 10.3 Å². The van der Waals surface area contributed by atoms with Crippen LogP contribution in [0.2, 0.25) is 5.02 Å². The van der Waals surface area contributed by atoms with Crippen molar-refractivity contribution in [2.45, 2.75) is 37.6 Å². The molecule has 0 atom stereocenters. The first-order valence-corrected chi connectivity index (χ1v) is 6.54. The van der Waals surface area contributed by atoms with E-state index in [4.69, 9.17) is 16.7 Å².